The van der Waals surface area contributed by atoms with Gasteiger partial charge in [0.05, 0.1) is 25.8 Å². The molecule has 4 heterocycles. The van der Waals surface area contributed by atoms with Crippen LogP contribution < -0.4 is 15.0 Å². The zero-order chi connectivity index (χ0) is 27.7. The van der Waals surface area contributed by atoms with Crippen LogP contribution in [0.25, 0.3) is 0 Å². The Hall–Kier alpha value is -3.84. The molecule has 3 aliphatic heterocycles. The minimum atomic E-state index is -2.04. The number of carbonyl (C=O) groups is 3. The molecule has 2 atom stereocenters. The van der Waals surface area contributed by atoms with E-state index in [1.807, 2.05) is 10.3 Å². The molecule has 1 aromatic carbocycles. The van der Waals surface area contributed by atoms with Crippen molar-refractivity contribution in [2.24, 2.45) is 10.9 Å². The smallest absolute Gasteiger partial charge is 0.339 e. The molecule has 2 unspecified atom stereocenters. The van der Waals surface area contributed by atoms with Gasteiger partial charge in [-0.2, -0.15) is 0 Å². The number of ether oxygens (including phenoxy) is 2. The third-order valence-corrected chi connectivity index (χ3v) is 8.00. The number of rotatable bonds is 8. The quantitative estimate of drug-likeness (QED) is 0.468. The van der Waals surface area contributed by atoms with E-state index in [1.54, 1.807) is 13.1 Å². The minimum Gasteiger partial charge on any atom is -0.496 e. The van der Waals surface area contributed by atoms with Gasteiger partial charge in [-0.05, 0) is 19.1 Å². The highest BCUT2D eigenvalue weighted by atomic mass is 32.1. The van der Waals surface area contributed by atoms with Crippen LogP contribution in [0.15, 0.2) is 46.0 Å². The minimum absolute atomic E-state index is 0.00715. The number of anilines is 1. The first kappa shape index (κ1) is 26.8. The Kier molecular flexibility index (Phi) is 7.36. The number of hydrogen-bond donors (Lipinski definition) is 2. The molecule has 39 heavy (non-hydrogen) atoms. The van der Waals surface area contributed by atoms with Crippen LogP contribution in [0.3, 0.4) is 0 Å². The topological polar surface area (TPSA) is 134 Å². The van der Waals surface area contributed by atoms with Crippen molar-refractivity contribution in [3.63, 3.8) is 0 Å². The summed E-state index contributed by atoms with van der Waals surface area (Å²) in [4.78, 5) is 49.5. The lowest BCUT2D eigenvalue weighted by molar-refractivity contribution is -0.138. The first-order valence-corrected chi connectivity index (χ1v) is 13.4. The van der Waals surface area contributed by atoms with Gasteiger partial charge in [0.2, 0.25) is 0 Å². The summed E-state index contributed by atoms with van der Waals surface area (Å²) < 4.78 is 26.5. The summed E-state index contributed by atoms with van der Waals surface area (Å²) in [6.07, 6.45) is 1.67. The molecule has 0 bridgehead atoms. The van der Waals surface area contributed by atoms with Crippen molar-refractivity contribution in [1.82, 2.24) is 15.2 Å². The number of halogens is 1. The average Bonchev–Trinajstić information content (AvgIpc) is 3.56. The SMILES string of the molecule is CCOC(=O)C1=C(CN2CCC3(F)C(=O)N(c4ccc(C(=O)O)c(OC)c4)CC3C2)NC(c2nccs2)=NC1. The zero-order valence-electron chi connectivity index (χ0n) is 21.5. The van der Waals surface area contributed by atoms with Crippen molar-refractivity contribution < 1.29 is 33.4 Å². The van der Waals surface area contributed by atoms with Gasteiger partial charge >= 0.3 is 11.9 Å². The lowest BCUT2D eigenvalue weighted by atomic mass is 9.85. The van der Waals surface area contributed by atoms with Crippen molar-refractivity contribution in [2.75, 3.05) is 51.3 Å². The number of nitrogens with one attached hydrogen (secondary N) is 1. The second kappa shape index (κ2) is 10.7. The predicted octanol–water partition coefficient (Wildman–Crippen LogP) is 2.09. The number of aliphatic imine (C=N–C) groups is 1. The van der Waals surface area contributed by atoms with Gasteiger partial charge in [-0.1, -0.05) is 0 Å². The molecule has 3 aliphatic rings. The van der Waals surface area contributed by atoms with Crippen LogP contribution in [0.1, 0.15) is 28.7 Å². The van der Waals surface area contributed by atoms with E-state index in [0.717, 1.165) is 0 Å². The number of hydrogen-bond acceptors (Lipinski definition) is 10. The third kappa shape index (κ3) is 4.99. The summed E-state index contributed by atoms with van der Waals surface area (Å²) >= 11 is 1.42. The Morgan fingerprint density at radius 1 is 1.33 bits per heavy atom. The van der Waals surface area contributed by atoms with Crippen LogP contribution in [0, 0.1) is 5.92 Å². The standard InChI is InChI=1S/C26H28FN5O6S/c1-3-38-24(35)18-11-29-21(22-28-7-9-39-22)30-19(18)14-31-8-6-26(27)15(12-31)13-32(25(26)36)16-4-5-17(23(33)34)20(10-16)37-2/h4-5,7,9-10,15H,3,6,8,11-14H2,1-2H3,(H,29,30)(H,33,34). The number of aromatic nitrogens is 1. The maximum atomic E-state index is 16.1. The Morgan fingerprint density at radius 2 is 2.15 bits per heavy atom. The van der Waals surface area contributed by atoms with E-state index in [2.05, 4.69) is 15.3 Å². The van der Waals surface area contributed by atoms with Gasteiger partial charge in [-0.25, -0.2) is 19.0 Å². The van der Waals surface area contributed by atoms with Crippen LogP contribution in [0.5, 0.6) is 5.75 Å². The maximum Gasteiger partial charge on any atom is 0.339 e. The van der Waals surface area contributed by atoms with E-state index >= 15 is 4.39 Å². The van der Waals surface area contributed by atoms with E-state index in [0.29, 0.717) is 40.9 Å². The fourth-order valence-corrected chi connectivity index (χ4v) is 5.81. The van der Waals surface area contributed by atoms with E-state index in [4.69, 9.17) is 9.47 Å². The number of fused-ring (bicyclic) bond motifs is 1. The molecule has 2 fully saturated rings. The highest BCUT2D eigenvalue weighted by Crippen LogP contribution is 2.42. The van der Waals surface area contributed by atoms with Crippen molar-refractivity contribution in [2.45, 2.75) is 19.0 Å². The lowest BCUT2D eigenvalue weighted by Crippen LogP contribution is -2.52. The van der Waals surface area contributed by atoms with Gasteiger partial charge in [-0.15, -0.1) is 11.3 Å². The third-order valence-electron chi connectivity index (χ3n) is 7.22. The molecule has 2 N–H and O–H groups in total. The molecule has 1 amide bonds. The summed E-state index contributed by atoms with van der Waals surface area (Å²) in [5.41, 5.74) is -0.677. The Bertz CT molecular complexity index is 1360. The van der Waals surface area contributed by atoms with Gasteiger partial charge in [0.1, 0.15) is 11.3 Å². The van der Waals surface area contributed by atoms with Gasteiger partial charge in [0, 0.05) is 67.5 Å². The van der Waals surface area contributed by atoms with Crippen LogP contribution in [-0.2, 0) is 14.3 Å². The molecular weight excluding hydrogens is 529 g/mol. The molecule has 0 saturated carbocycles. The molecule has 0 radical (unpaired) electrons. The van der Waals surface area contributed by atoms with Crippen LogP contribution in [0.4, 0.5) is 10.1 Å². The van der Waals surface area contributed by atoms with E-state index in [9.17, 15) is 19.5 Å². The van der Waals surface area contributed by atoms with Crippen molar-refractivity contribution in [1.29, 1.82) is 0 Å². The molecule has 5 rings (SSSR count). The number of likely N-dealkylation sites (tertiary alicyclic amines) is 1. The van der Waals surface area contributed by atoms with Crippen LogP contribution in [0.2, 0.25) is 0 Å². The normalized spacial score (nSPS) is 23.3. The number of carboxylic acid groups (broad SMARTS) is 1. The number of thiazole rings is 1. The number of amidine groups is 1. The number of amides is 1. The fourth-order valence-electron chi connectivity index (χ4n) is 5.21. The molecule has 206 valence electrons. The number of nitrogens with zero attached hydrogens (tertiary/aromatic N) is 4. The number of methoxy groups -OCH3 is 1. The number of carbonyl (C=O) groups excluding carboxylic acids is 2. The number of benzene rings is 1. The Labute approximate surface area is 227 Å². The maximum absolute atomic E-state index is 16.1. The van der Waals surface area contributed by atoms with Crippen molar-refractivity contribution in [3.05, 3.63) is 51.6 Å². The monoisotopic (exact) mass is 557 g/mol. The van der Waals surface area contributed by atoms with Gasteiger partial charge in [0.15, 0.2) is 16.5 Å². The predicted molar refractivity (Wildman–Crippen MR) is 141 cm³/mol. The molecule has 1 aromatic heterocycles. The molecule has 2 saturated heterocycles. The number of alkyl halides is 1. The largest absolute Gasteiger partial charge is 0.496 e. The molecule has 2 aromatic rings. The molecular formula is C26H28FN5O6S. The molecule has 13 heteroatoms. The highest BCUT2D eigenvalue weighted by Gasteiger charge is 2.57. The highest BCUT2D eigenvalue weighted by molar-refractivity contribution is 7.11. The number of piperidine rings is 1. The fraction of sp³-hybridized carbons (Fsp3) is 0.423. The summed E-state index contributed by atoms with van der Waals surface area (Å²) in [6, 6.07) is 4.29. The van der Waals surface area contributed by atoms with E-state index < -0.39 is 29.4 Å². The first-order chi connectivity index (χ1) is 18.7. The van der Waals surface area contributed by atoms with Gasteiger partial charge in [-0.3, -0.25) is 14.7 Å². The van der Waals surface area contributed by atoms with Crippen LogP contribution >= 0.6 is 11.3 Å². The second-order valence-corrected chi connectivity index (χ2v) is 10.3. The summed E-state index contributed by atoms with van der Waals surface area (Å²) in [5.74, 6) is -2.22. The van der Waals surface area contributed by atoms with Crippen molar-refractivity contribution in [3.8, 4) is 5.75 Å². The van der Waals surface area contributed by atoms with Crippen molar-refractivity contribution >= 4 is 40.7 Å². The van der Waals surface area contributed by atoms with Crippen LogP contribution in [-0.4, -0.2) is 90.8 Å². The summed E-state index contributed by atoms with van der Waals surface area (Å²) in [6.45, 7) is 3.14. The Balaban J connectivity index is 1.34. The summed E-state index contributed by atoms with van der Waals surface area (Å²) in [5, 5.41) is 15.1. The average molecular weight is 558 g/mol. The second-order valence-electron chi connectivity index (χ2n) is 9.45. The summed E-state index contributed by atoms with van der Waals surface area (Å²) in [7, 11) is 1.34. The molecule has 11 nitrogen and oxygen atoms in total. The van der Waals surface area contributed by atoms with Gasteiger partial charge < -0.3 is 24.8 Å². The number of esters is 1. The Morgan fingerprint density at radius 3 is 2.85 bits per heavy atom. The number of carboxylic acids is 1. The van der Waals surface area contributed by atoms with Gasteiger partial charge in [0.25, 0.3) is 5.91 Å². The molecule has 0 aliphatic carbocycles. The first-order valence-electron chi connectivity index (χ1n) is 12.5. The van der Waals surface area contributed by atoms with E-state index in [1.165, 1.54) is 41.5 Å². The number of aromatic carboxylic acids is 1. The van der Waals surface area contributed by atoms with E-state index in [-0.39, 0.29) is 44.0 Å². The zero-order valence-corrected chi connectivity index (χ0v) is 22.3. The lowest BCUT2D eigenvalue weighted by Gasteiger charge is -2.37. The molecule has 0 spiro atoms.